The zero-order valence-corrected chi connectivity index (χ0v) is 12.1. The molecule has 1 aliphatic heterocycles. The van der Waals surface area contributed by atoms with Crippen LogP contribution in [-0.2, 0) is 9.47 Å². The minimum absolute atomic E-state index is 0.0872. The van der Waals surface area contributed by atoms with Gasteiger partial charge in [-0.05, 0) is 36.0 Å². The number of allylic oxidation sites excluding steroid dienone is 3. The smallest absolute Gasteiger partial charge is 0.113 e. The Morgan fingerprint density at radius 2 is 1.72 bits per heavy atom. The molecule has 0 N–H and O–H groups in total. The molecule has 0 aromatic heterocycles. The molecule has 2 heteroatoms. The minimum atomic E-state index is 0.0872. The molecule has 0 aromatic carbocycles. The first-order valence-corrected chi connectivity index (χ1v) is 6.74. The lowest BCUT2D eigenvalue weighted by Crippen LogP contribution is -2.36. The quantitative estimate of drug-likeness (QED) is 0.705. The van der Waals surface area contributed by atoms with Crippen LogP contribution in [0.15, 0.2) is 34.9 Å². The molecule has 0 unspecified atom stereocenters. The number of rotatable bonds is 1. The first kappa shape index (κ1) is 13.6. The molecule has 0 amide bonds. The Labute approximate surface area is 110 Å². The average Bonchev–Trinajstić information content (AvgIpc) is 2.60. The Morgan fingerprint density at radius 1 is 1.11 bits per heavy atom. The number of hydrogen-bond acceptors (Lipinski definition) is 2. The molecule has 0 spiro atoms. The lowest BCUT2D eigenvalue weighted by atomic mass is 9.81. The highest BCUT2D eigenvalue weighted by atomic mass is 16.6. The van der Waals surface area contributed by atoms with Crippen molar-refractivity contribution >= 4 is 0 Å². The molecular formula is C16H24O2. The lowest BCUT2D eigenvalue weighted by molar-refractivity contribution is -0.104. The number of fused-ring (bicyclic) bond motifs is 1. The van der Waals surface area contributed by atoms with Crippen LogP contribution in [0.5, 0.6) is 0 Å². The van der Waals surface area contributed by atoms with Gasteiger partial charge in [-0.2, -0.15) is 0 Å². The van der Waals surface area contributed by atoms with Gasteiger partial charge in [-0.25, -0.2) is 0 Å². The van der Waals surface area contributed by atoms with Crippen LogP contribution in [0.1, 0.15) is 34.6 Å². The fraction of sp³-hybridized carbons (Fsp3) is 0.625. The van der Waals surface area contributed by atoms with E-state index >= 15 is 0 Å². The molecule has 1 heterocycles. The zero-order valence-electron chi connectivity index (χ0n) is 12.1. The van der Waals surface area contributed by atoms with E-state index in [0.717, 1.165) is 0 Å². The van der Waals surface area contributed by atoms with Gasteiger partial charge in [-0.15, -0.1) is 0 Å². The van der Waals surface area contributed by atoms with Gasteiger partial charge < -0.3 is 9.47 Å². The third-order valence-electron chi connectivity index (χ3n) is 3.59. The van der Waals surface area contributed by atoms with Crippen LogP contribution >= 0.6 is 0 Å². The Bertz CT molecular complexity index is 407. The third kappa shape index (κ3) is 2.32. The molecule has 18 heavy (non-hydrogen) atoms. The summed E-state index contributed by atoms with van der Waals surface area (Å²) in [5.41, 5.74) is 4.16. The minimum Gasteiger partial charge on any atom is -0.368 e. The Kier molecular flexibility index (Phi) is 3.79. The monoisotopic (exact) mass is 248 g/mol. The van der Waals surface area contributed by atoms with Crippen molar-refractivity contribution in [3.05, 3.63) is 34.9 Å². The van der Waals surface area contributed by atoms with Crippen LogP contribution in [0.25, 0.3) is 0 Å². The summed E-state index contributed by atoms with van der Waals surface area (Å²) in [5.74, 6) is 0. The van der Waals surface area contributed by atoms with Crippen molar-refractivity contribution < 1.29 is 9.47 Å². The maximum absolute atomic E-state index is 5.94. The van der Waals surface area contributed by atoms with E-state index in [-0.39, 0.29) is 17.6 Å². The number of ether oxygens (including phenoxy) is 2. The van der Waals surface area contributed by atoms with Crippen molar-refractivity contribution in [2.45, 2.75) is 46.8 Å². The molecule has 1 saturated heterocycles. The van der Waals surface area contributed by atoms with Crippen LogP contribution in [-0.4, -0.2) is 25.4 Å². The zero-order chi connectivity index (χ0) is 13.3. The second-order valence-corrected chi connectivity index (χ2v) is 6.04. The van der Waals surface area contributed by atoms with E-state index in [9.17, 15) is 0 Å². The van der Waals surface area contributed by atoms with Crippen LogP contribution in [0.4, 0.5) is 0 Å². The van der Waals surface area contributed by atoms with Gasteiger partial charge in [0.2, 0.25) is 0 Å². The van der Waals surface area contributed by atoms with Crippen LogP contribution in [0.3, 0.4) is 0 Å². The van der Waals surface area contributed by atoms with Gasteiger partial charge in [-0.1, -0.05) is 39.0 Å². The van der Waals surface area contributed by atoms with Gasteiger partial charge in [0.15, 0.2) is 0 Å². The van der Waals surface area contributed by atoms with E-state index in [0.29, 0.717) is 13.2 Å². The summed E-state index contributed by atoms with van der Waals surface area (Å²) < 4.78 is 11.8. The first-order valence-electron chi connectivity index (χ1n) is 6.74. The molecule has 0 aromatic rings. The Balaban J connectivity index is 2.46. The van der Waals surface area contributed by atoms with Crippen molar-refractivity contribution in [1.29, 1.82) is 0 Å². The van der Waals surface area contributed by atoms with Crippen LogP contribution in [0.2, 0.25) is 0 Å². The van der Waals surface area contributed by atoms with Gasteiger partial charge in [0.05, 0.1) is 13.2 Å². The fourth-order valence-corrected chi connectivity index (χ4v) is 3.04. The topological polar surface area (TPSA) is 18.5 Å². The summed E-state index contributed by atoms with van der Waals surface area (Å²) in [6.45, 7) is 12.4. The molecule has 100 valence electrons. The normalized spacial score (nSPS) is 31.5. The highest BCUT2D eigenvalue weighted by molar-refractivity contribution is 5.51. The highest BCUT2D eigenvalue weighted by Crippen LogP contribution is 2.45. The van der Waals surface area contributed by atoms with E-state index in [1.165, 1.54) is 16.7 Å². The van der Waals surface area contributed by atoms with E-state index in [2.05, 4.69) is 45.9 Å². The SMILES string of the molecule is C/C=C/C=C1/C(C(C)(C)C)=C(C)[C@H]2OCCO[C@@H]12. The summed E-state index contributed by atoms with van der Waals surface area (Å²) in [7, 11) is 0. The number of hydrogen-bond donors (Lipinski definition) is 0. The molecule has 2 rings (SSSR count). The third-order valence-corrected chi connectivity index (χ3v) is 3.59. The molecule has 2 atom stereocenters. The van der Waals surface area contributed by atoms with E-state index in [4.69, 9.17) is 9.47 Å². The van der Waals surface area contributed by atoms with Crippen molar-refractivity contribution in [2.24, 2.45) is 5.41 Å². The lowest BCUT2D eigenvalue weighted by Gasteiger charge is -2.29. The van der Waals surface area contributed by atoms with Gasteiger partial charge in [0, 0.05) is 0 Å². The van der Waals surface area contributed by atoms with E-state index in [1.54, 1.807) is 0 Å². The summed E-state index contributed by atoms with van der Waals surface area (Å²) >= 11 is 0. The highest BCUT2D eigenvalue weighted by Gasteiger charge is 2.43. The van der Waals surface area contributed by atoms with Crippen LogP contribution < -0.4 is 0 Å². The molecule has 0 radical (unpaired) electrons. The molecule has 1 fully saturated rings. The molecule has 0 bridgehead atoms. The van der Waals surface area contributed by atoms with E-state index < -0.39 is 0 Å². The van der Waals surface area contributed by atoms with Gasteiger partial charge in [0.25, 0.3) is 0 Å². The summed E-state index contributed by atoms with van der Waals surface area (Å²) in [6.07, 6.45) is 6.53. The second kappa shape index (κ2) is 5.02. The summed E-state index contributed by atoms with van der Waals surface area (Å²) in [4.78, 5) is 0. The van der Waals surface area contributed by atoms with Gasteiger partial charge in [0.1, 0.15) is 12.2 Å². The van der Waals surface area contributed by atoms with Crippen LogP contribution in [0, 0.1) is 5.41 Å². The summed E-state index contributed by atoms with van der Waals surface area (Å²) in [6, 6.07) is 0. The molecule has 1 aliphatic carbocycles. The standard InChI is InChI=1S/C16H24O2/c1-6-7-8-12-13(16(3,4)5)11(2)14-15(12)18-10-9-17-14/h6-8,14-15H,9-10H2,1-5H3/b7-6+,12-8-/t14-,15+/m1/s1. The summed E-state index contributed by atoms with van der Waals surface area (Å²) in [5, 5.41) is 0. The Morgan fingerprint density at radius 3 is 2.28 bits per heavy atom. The maximum atomic E-state index is 5.94. The second-order valence-electron chi connectivity index (χ2n) is 6.04. The van der Waals surface area contributed by atoms with Crippen molar-refractivity contribution in [1.82, 2.24) is 0 Å². The predicted octanol–water partition coefficient (Wildman–Crippen LogP) is 3.65. The largest absolute Gasteiger partial charge is 0.368 e. The van der Waals surface area contributed by atoms with Crippen molar-refractivity contribution in [3.63, 3.8) is 0 Å². The Hall–Kier alpha value is -0.860. The maximum Gasteiger partial charge on any atom is 0.113 e. The van der Waals surface area contributed by atoms with Gasteiger partial charge in [-0.3, -0.25) is 0 Å². The predicted molar refractivity (Wildman–Crippen MR) is 74.5 cm³/mol. The average molecular weight is 248 g/mol. The van der Waals surface area contributed by atoms with Crippen molar-refractivity contribution in [2.75, 3.05) is 13.2 Å². The molecule has 2 nitrogen and oxygen atoms in total. The van der Waals surface area contributed by atoms with E-state index in [1.807, 2.05) is 6.92 Å². The molecule has 0 saturated carbocycles. The fourth-order valence-electron chi connectivity index (χ4n) is 3.04. The first-order chi connectivity index (χ1) is 8.46. The van der Waals surface area contributed by atoms with Gasteiger partial charge >= 0.3 is 0 Å². The molecule has 2 aliphatic rings. The molecular weight excluding hydrogens is 224 g/mol. The van der Waals surface area contributed by atoms with Crippen molar-refractivity contribution in [3.8, 4) is 0 Å².